The van der Waals surface area contributed by atoms with E-state index in [-0.39, 0.29) is 5.60 Å². The maximum Gasteiger partial charge on any atom is 0.0916 e. The summed E-state index contributed by atoms with van der Waals surface area (Å²) in [7, 11) is 0. The number of hydrogen-bond donors (Lipinski definition) is 1. The van der Waals surface area contributed by atoms with Crippen LogP contribution < -0.4 is 0 Å². The molecule has 1 fully saturated rings. The van der Waals surface area contributed by atoms with Crippen LogP contribution in [0.15, 0.2) is 24.3 Å². The molecule has 0 saturated carbocycles. The van der Waals surface area contributed by atoms with Gasteiger partial charge in [-0.15, -0.1) is 0 Å². The van der Waals surface area contributed by atoms with Crippen molar-refractivity contribution in [1.29, 1.82) is 0 Å². The minimum atomic E-state index is -0.426. The molecule has 112 valence electrons. The van der Waals surface area contributed by atoms with Crippen LogP contribution in [0.2, 0.25) is 0 Å². The van der Waals surface area contributed by atoms with Gasteiger partial charge in [-0.25, -0.2) is 0 Å². The molecule has 0 aliphatic carbocycles. The first-order valence-electron chi connectivity index (χ1n) is 7.51. The Balaban J connectivity index is 1.95. The Morgan fingerprint density at radius 3 is 2.35 bits per heavy atom. The van der Waals surface area contributed by atoms with Crippen molar-refractivity contribution < 1.29 is 9.84 Å². The van der Waals surface area contributed by atoms with Crippen molar-refractivity contribution in [2.75, 3.05) is 26.2 Å². The average Bonchev–Trinajstić information content (AvgIpc) is 2.37. The molecule has 0 bridgehead atoms. The first-order valence-corrected chi connectivity index (χ1v) is 7.51. The van der Waals surface area contributed by atoms with E-state index >= 15 is 0 Å². The van der Waals surface area contributed by atoms with E-state index in [0.717, 1.165) is 25.3 Å². The van der Waals surface area contributed by atoms with Crippen LogP contribution in [0, 0.1) is 0 Å². The second-order valence-electron chi connectivity index (χ2n) is 6.68. The van der Waals surface area contributed by atoms with Gasteiger partial charge in [0, 0.05) is 19.6 Å². The summed E-state index contributed by atoms with van der Waals surface area (Å²) in [4.78, 5) is 2.28. The van der Waals surface area contributed by atoms with Gasteiger partial charge in [-0.05, 0) is 30.9 Å². The highest BCUT2D eigenvalue weighted by molar-refractivity contribution is 5.26. The predicted octanol–water partition coefficient (Wildman–Crippen LogP) is 2.95. The van der Waals surface area contributed by atoms with Gasteiger partial charge in [-0.1, -0.05) is 38.1 Å². The summed E-state index contributed by atoms with van der Waals surface area (Å²) < 4.78 is 5.70. The molecule has 1 atom stereocenters. The smallest absolute Gasteiger partial charge is 0.0916 e. The first kappa shape index (κ1) is 15.5. The Kier molecular flexibility index (Phi) is 4.84. The van der Waals surface area contributed by atoms with Gasteiger partial charge in [0.2, 0.25) is 0 Å². The van der Waals surface area contributed by atoms with Crippen molar-refractivity contribution in [3.8, 4) is 0 Å². The second kappa shape index (κ2) is 6.25. The number of aliphatic hydroxyl groups is 1. The molecule has 1 aliphatic rings. The lowest BCUT2D eigenvalue weighted by Gasteiger charge is -2.39. The number of morpholine rings is 1. The molecule has 1 aromatic rings. The van der Waals surface area contributed by atoms with Crippen molar-refractivity contribution in [3.05, 3.63) is 35.4 Å². The van der Waals surface area contributed by atoms with E-state index in [0.29, 0.717) is 12.5 Å². The lowest BCUT2D eigenvalue weighted by molar-refractivity contribution is -0.0932. The highest BCUT2D eigenvalue weighted by Gasteiger charge is 2.28. The van der Waals surface area contributed by atoms with Crippen LogP contribution >= 0.6 is 0 Å². The molecule has 3 heteroatoms. The highest BCUT2D eigenvalue weighted by Crippen LogP contribution is 2.22. The maximum absolute atomic E-state index is 10.4. The zero-order valence-corrected chi connectivity index (χ0v) is 13.1. The number of rotatable bonds is 4. The average molecular weight is 277 g/mol. The molecule has 0 radical (unpaired) electrons. The fourth-order valence-corrected chi connectivity index (χ4v) is 2.72. The molecule has 20 heavy (non-hydrogen) atoms. The predicted molar refractivity (Wildman–Crippen MR) is 82.0 cm³/mol. The quantitative estimate of drug-likeness (QED) is 0.918. The molecule has 1 N–H and O–H groups in total. The summed E-state index contributed by atoms with van der Waals surface area (Å²) >= 11 is 0. The molecular weight excluding hydrogens is 250 g/mol. The highest BCUT2D eigenvalue weighted by atomic mass is 16.5. The van der Waals surface area contributed by atoms with Gasteiger partial charge in [0.05, 0.1) is 18.3 Å². The summed E-state index contributed by atoms with van der Waals surface area (Å²) in [6.07, 6.45) is -0.426. The van der Waals surface area contributed by atoms with Crippen molar-refractivity contribution in [1.82, 2.24) is 4.90 Å². The number of aliphatic hydroxyl groups excluding tert-OH is 1. The molecule has 0 spiro atoms. The van der Waals surface area contributed by atoms with Crippen LogP contribution in [0.5, 0.6) is 0 Å². The van der Waals surface area contributed by atoms with Gasteiger partial charge >= 0.3 is 0 Å². The van der Waals surface area contributed by atoms with Gasteiger partial charge in [0.25, 0.3) is 0 Å². The van der Waals surface area contributed by atoms with Crippen LogP contribution in [-0.2, 0) is 4.74 Å². The van der Waals surface area contributed by atoms with Crippen LogP contribution in [-0.4, -0.2) is 41.8 Å². The molecule has 1 heterocycles. The van der Waals surface area contributed by atoms with Crippen LogP contribution in [0.25, 0.3) is 0 Å². The van der Waals surface area contributed by atoms with E-state index in [1.54, 1.807) is 0 Å². The van der Waals surface area contributed by atoms with Gasteiger partial charge in [0.15, 0.2) is 0 Å². The first-order chi connectivity index (χ1) is 9.37. The van der Waals surface area contributed by atoms with Gasteiger partial charge in [-0.2, -0.15) is 0 Å². The molecule has 1 saturated heterocycles. The summed E-state index contributed by atoms with van der Waals surface area (Å²) in [6.45, 7) is 11.7. The van der Waals surface area contributed by atoms with Crippen LogP contribution in [0.4, 0.5) is 0 Å². The lowest BCUT2D eigenvalue weighted by Crippen LogP contribution is -2.49. The Hall–Kier alpha value is -0.900. The Bertz CT molecular complexity index is 425. The normalized spacial score (nSPS) is 21.1. The molecular formula is C17H27NO2. The molecule has 1 aliphatic heterocycles. The summed E-state index contributed by atoms with van der Waals surface area (Å²) in [5, 5.41) is 10.4. The lowest BCUT2D eigenvalue weighted by atomic mass is 9.99. The monoisotopic (exact) mass is 277 g/mol. The van der Waals surface area contributed by atoms with E-state index in [2.05, 4.69) is 44.7 Å². The third kappa shape index (κ3) is 4.05. The summed E-state index contributed by atoms with van der Waals surface area (Å²) in [5.74, 6) is 0.529. The molecule has 3 nitrogen and oxygen atoms in total. The van der Waals surface area contributed by atoms with Crippen LogP contribution in [0.3, 0.4) is 0 Å². The number of hydrogen-bond acceptors (Lipinski definition) is 3. The molecule has 1 aromatic carbocycles. The van der Waals surface area contributed by atoms with Gasteiger partial charge in [-0.3, -0.25) is 4.90 Å². The number of β-amino-alcohol motifs (C(OH)–C–C–N with tert-alkyl or cyclic N) is 1. The Morgan fingerprint density at radius 2 is 1.80 bits per heavy atom. The van der Waals surface area contributed by atoms with E-state index in [9.17, 15) is 5.11 Å². The standard InChI is InChI=1S/C17H27NO2/c1-13(2)14-5-7-15(8-6-14)16(19)11-18-9-10-20-17(3,4)12-18/h5-8,13,16,19H,9-12H2,1-4H3. The fraction of sp³-hybridized carbons (Fsp3) is 0.647. The fourth-order valence-electron chi connectivity index (χ4n) is 2.72. The molecule has 0 aromatic heterocycles. The van der Waals surface area contributed by atoms with Crippen molar-refractivity contribution in [3.63, 3.8) is 0 Å². The maximum atomic E-state index is 10.4. The van der Waals surface area contributed by atoms with E-state index in [1.807, 2.05) is 12.1 Å². The Morgan fingerprint density at radius 1 is 1.20 bits per heavy atom. The minimum absolute atomic E-state index is 0.112. The zero-order chi connectivity index (χ0) is 14.8. The molecule has 1 unspecified atom stereocenters. The van der Waals surface area contributed by atoms with Crippen molar-refractivity contribution in [2.24, 2.45) is 0 Å². The minimum Gasteiger partial charge on any atom is -0.387 e. The third-order valence-corrected chi connectivity index (χ3v) is 3.92. The van der Waals surface area contributed by atoms with Crippen LogP contribution in [0.1, 0.15) is 50.8 Å². The summed E-state index contributed by atoms with van der Waals surface area (Å²) in [5.41, 5.74) is 2.20. The third-order valence-electron chi connectivity index (χ3n) is 3.92. The largest absolute Gasteiger partial charge is 0.387 e. The molecule has 2 rings (SSSR count). The SMILES string of the molecule is CC(C)c1ccc(C(O)CN2CCOC(C)(C)C2)cc1. The van der Waals surface area contributed by atoms with Crippen molar-refractivity contribution >= 4 is 0 Å². The zero-order valence-electron chi connectivity index (χ0n) is 13.1. The van der Waals surface area contributed by atoms with E-state index in [4.69, 9.17) is 4.74 Å². The van der Waals surface area contributed by atoms with E-state index < -0.39 is 6.10 Å². The van der Waals surface area contributed by atoms with Gasteiger partial charge in [0.1, 0.15) is 0 Å². The topological polar surface area (TPSA) is 32.7 Å². The number of ether oxygens (including phenoxy) is 1. The van der Waals surface area contributed by atoms with Gasteiger partial charge < -0.3 is 9.84 Å². The van der Waals surface area contributed by atoms with E-state index in [1.165, 1.54) is 5.56 Å². The Labute approximate surface area is 122 Å². The second-order valence-corrected chi connectivity index (χ2v) is 6.68. The number of nitrogens with zero attached hydrogens (tertiary/aromatic N) is 1. The summed E-state index contributed by atoms with van der Waals surface area (Å²) in [6, 6.07) is 8.33. The number of benzene rings is 1. The molecule has 0 amide bonds. The van der Waals surface area contributed by atoms with Crippen molar-refractivity contribution in [2.45, 2.75) is 45.3 Å².